The first-order valence-corrected chi connectivity index (χ1v) is 4.92. The van der Waals surface area contributed by atoms with Gasteiger partial charge >= 0.3 is 0 Å². The number of benzene rings is 1. The molecule has 78 valence electrons. The fourth-order valence-corrected chi connectivity index (χ4v) is 1.87. The van der Waals surface area contributed by atoms with Gasteiger partial charge in [0.05, 0.1) is 5.52 Å². The van der Waals surface area contributed by atoms with Gasteiger partial charge in [-0.2, -0.15) is 0 Å². The molecule has 0 bridgehead atoms. The Morgan fingerprint density at radius 1 is 1.12 bits per heavy atom. The topological polar surface area (TPSA) is 71.8 Å². The molecule has 0 saturated heterocycles. The van der Waals surface area contributed by atoms with Crippen LogP contribution < -0.4 is 11.3 Å². The summed E-state index contributed by atoms with van der Waals surface area (Å²) in [7, 11) is 0. The zero-order chi connectivity index (χ0) is 11.1. The summed E-state index contributed by atoms with van der Waals surface area (Å²) in [6, 6.07) is 10.8. The van der Waals surface area contributed by atoms with Crippen LogP contribution in [0.5, 0.6) is 0 Å². The molecule has 1 aromatic carbocycles. The largest absolute Gasteiger partial charge is 0.399 e. The first-order valence-electron chi connectivity index (χ1n) is 4.92. The van der Waals surface area contributed by atoms with E-state index in [9.17, 15) is 4.79 Å². The van der Waals surface area contributed by atoms with Gasteiger partial charge in [0.2, 0.25) is 0 Å². The standard InChI is InChI=1S/C12H9N3O/c13-7-5-10-12(15-11(16)6-7)8-3-1-2-4-9(8)14-10/h1-6,14H,13H2. The predicted octanol–water partition coefficient (Wildman–Crippen LogP) is 1.66. The van der Waals surface area contributed by atoms with Crippen LogP contribution in [0.25, 0.3) is 21.9 Å². The Morgan fingerprint density at radius 2 is 1.94 bits per heavy atom. The smallest absolute Gasteiger partial charge is 0.272 e. The van der Waals surface area contributed by atoms with E-state index in [0.29, 0.717) is 11.2 Å². The Hall–Kier alpha value is -2.36. The van der Waals surface area contributed by atoms with Crippen LogP contribution in [-0.2, 0) is 0 Å². The predicted molar refractivity (Wildman–Crippen MR) is 64.3 cm³/mol. The number of nitrogen functional groups attached to an aromatic ring is 1. The molecule has 4 heteroatoms. The normalized spacial score (nSPS) is 11.0. The average molecular weight is 211 g/mol. The van der Waals surface area contributed by atoms with Gasteiger partial charge in [-0.1, -0.05) is 18.2 Å². The lowest BCUT2D eigenvalue weighted by Crippen LogP contribution is -1.99. The van der Waals surface area contributed by atoms with Crippen LogP contribution in [0.4, 0.5) is 5.69 Å². The lowest BCUT2D eigenvalue weighted by atomic mass is 10.2. The van der Waals surface area contributed by atoms with E-state index < -0.39 is 0 Å². The molecule has 0 aliphatic carbocycles. The molecule has 0 aliphatic heterocycles. The Bertz CT molecular complexity index is 746. The van der Waals surface area contributed by atoms with Gasteiger partial charge in [0, 0.05) is 22.7 Å². The van der Waals surface area contributed by atoms with Crippen molar-refractivity contribution in [1.29, 1.82) is 0 Å². The van der Waals surface area contributed by atoms with Crippen LogP contribution in [-0.4, -0.2) is 9.97 Å². The molecule has 0 fully saturated rings. The summed E-state index contributed by atoms with van der Waals surface area (Å²) >= 11 is 0. The van der Waals surface area contributed by atoms with Gasteiger partial charge in [0.15, 0.2) is 0 Å². The van der Waals surface area contributed by atoms with Gasteiger partial charge in [-0.05, 0) is 12.1 Å². The number of aromatic amines is 1. The van der Waals surface area contributed by atoms with Crippen LogP contribution in [0.3, 0.4) is 0 Å². The van der Waals surface area contributed by atoms with Gasteiger partial charge < -0.3 is 10.7 Å². The number of hydrogen-bond donors (Lipinski definition) is 2. The van der Waals surface area contributed by atoms with Crippen molar-refractivity contribution in [1.82, 2.24) is 9.97 Å². The number of anilines is 1. The Kier molecular flexibility index (Phi) is 1.71. The quantitative estimate of drug-likeness (QED) is 0.594. The van der Waals surface area contributed by atoms with Gasteiger partial charge in [-0.25, -0.2) is 4.98 Å². The van der Waals surface area contributed by atoms with E-state index in [1.54, 1.807) is 6.07 Å². The van der Waals surface area contributed by atoms with E-state index in [4.69, 9.17) is 5.73 Å². The molecule has 3 N–H and O–H groups in total. The van der Waals surface area contributed by atoms with Crippen molar-refractivity contribution in [3.63, 3.8) is 0 Å². The fourth-order valence-electron chi connectivity index (χ4n) is 1.87. The summed E-state index contributed by atoms with van der Waals surface area (Å²) in [5.41, 5.74) is 8.16. The summed E-state index contributed by atoms with van der Waals surface area (Å²) in [5.74, 6) is 0. The molecule has 0 atom stereocenters. The second-order valence-corrected chi connectivity index (χ2v) is 3.67. The molecular weight excluding hydrogens is 202 g/mol. The van der Waals surface area contributed by atoms with Crippen molar-refractivity contribution in [2.45, 2.75) is 0 Å². The van der Waals surface area contributed by atoms with E-state index in [1.807, 2.05) is 24.3 Å². The lowest BCUT2D eigenvalue weighted by molar-refractivity contribution is 1.34. The monoisotopic (exact) mass is 211 g/mol. The van der Waals surface area contributed by atoms with Crippen molar-refractivity contribution >= 4 is 27.6 Å². The molecule has 3 rings (SSSR count). The molecule has 0 spiro atoms. The van der Waals surface area contributed by atoms with Gasteiger partial charge in [-0.3, -0.25) is 4.79 Å². The van der Waals surface area contributed by atoms with Crippen molar-refractivity contribution in [2.24, 2.45) is 0 Å². The highest BCUT2D eigenvalue weighted by molar-refractivity contribution is 6.04. The van der Waals surface area contributed by atoms with Crippen LogP contribution in [0.2, 0.25) is 0 Å². The van der Waals surface area contributed by atoms with Crippen molar-refractivity contribution in [3.05, 3.63) is 46.8 Å². The zero-order valence-corrected chi connectivity index (χ0v) is 8.40. The molecule has 2 heterocycles. The van der Waals surface area contributed by atoms with E-state index in [0.717, 1.165) is 16.4 Å². The molecular formula is C12H9N3O. The highest BCUT2D eigenvalue weighted by Crippen LogP contribution is 2.22. The maximum atomic E-state index is 11.4. The SMILES string of the molecule is Nc1cc(=O)nc2c(c1)[nH]c1ccccc12. The third-order valence-electron chi connectivity index (χ3n) is 2.53. The highest BCUT2D eigenvalue weighted by atomic mass is 16.1. The Balaban J connectivity index is 2.63. The maximum Gasteiger partial charge on any atom is 0.272 e. The number of nitrogens with two attached hydrogens (primary N) is 1. The molecule has 3 aromatic rings. The summed E-state index contributed by atoms with van der Waals surface area (Å²) < 4.78 is 0. The number of para-hydroxylation sites is 1. The first kappa shape index (κ1) is 8.91. The van der Waals surface area contributed by atoms with Crippen LogP contribution in [0.15, 0.2) is 41.2 Å². The number of nitrogens with zero attached hydrogens (tertiary/aromatic N) is 1. The van der Waals surface area contributed by atoms with E-state index in [2.05, 4.69) is 9.97 Å². The van der Waals surface area contributed by atoms with Gasteiger partial charge in [0.25, 0.3) is 5.56 Å². The van der Waals surface area contributed by atoms with Gasteiger partial charge in [0.1, 0.15) is 5.52 Å². The number of hydrogen-bond acceptors (Lipinski definition) is 3. The molecule has 4 nitrogen and oxygen atoms in total. The summed E-state index contributed by atoms with van der Waals surface area (Å²) in [6.45, 7) is 0. The average Bonchev–Trinajstić information content (AvgIpc) is 2.49. The van der Waals surface area contributed by atoms with E-state index in [-0.39, 0.29) is 5.56 Å². The van der Waals surface area contributed by atoms with Crippen molar-refractivity contribution in [3.8, 4) is 0 Å². The molecule has 0 aliphatic rings. The third kappa shape index (κ3) is 1.24. The van der Waals surface area contributed by atoms with Crippen LogP contribution in [0.1, 0.15) is 0 Å². The lowest BCUT2D eigenvalue weighted by Gasteiger charge is -1.85. The van der Waals surface area contributed by atoms with Gasteiger partial charge in [-0.15, -0.1) is 0 Å². The number of H-pyrrole nitrogens is 1. The molecule has 2 aromatic heterocycles. The minimum absolute atomic E-state index is 0.322. The second kappa shape index (κ2) is 3.06. The molecule has 0 unspecified atom stereocenters. The Morgan fingerprint density at radius 3 is 2.81 bits per heavy atom. The Labute approximate surface area is 90.7 Å². The molecule has 0 amide bonds. The molecule has 0 radical (unpaired) electrons. The van der Waals surface area contributed by atoms with E-state index in [1.165, 1.54) is 6.07 Å². The minimum atomic E-state index is -0.322. The fraction of sp³-hybridized carbons (Fsp3) is 0. The number of nitrogens with one attached hydrogen (secondary N) is 1. The summed E-state index contributed by atoms with van der Waals surface area (Å²) in [4.78, 5) is 18.6. The van der Waals surface area contributed by atoms with Crippen LogP contribution >= 0.6 is 0 Å². The zero-order valence-electron chi connectivity index (χ0n) is 8.40. The summed E-state index contributed by atoms with van der Waals surface area (Å²) in [6.07, 6.45) is 0. The summed E-state index contributed by atoms with van der Waals surface area (Å²) in [5, 5.41) is 0.935. The van der Waals surface area contributed by atoms with Crippen molar-refractivity contribution in [2.75, 3.05) is 5.73 Å². The second-order valence-electron chi connectivity index (χ2n) is 3.67. The minimum Gasteiger partial charge on any atom is -0.399 e. The van der Waals surface area contributed by atoms with E-state index >= 15 is 0 Å². The first-order chi connectivity index (χ1) is 7.74. The third-order valence-corrected chi connectivity index (χ3v) is 2.53. The highest BCUT2D eigenvalue weighted by Gasteiger charge is 2.04. The number of aromatic nitrogens is 2. The maximum absolute atomic E-state index is 11.4. The van der Waals surface area contributed by atoms with Crippen LogP contribution in [0, 0.1) is 0 Å². The number of fused-ring (bicyclic) bond motifs is 3. The molecule has 16 heavy (non-hydrogen) atoms. The number of rotatable bonds is 0. The van der Waals surface area contributed by atoms with Crippen molar-refractivity contribution < 1.29 is 0 Å². The molecule has 0 saturated carbocycles.